The number of amides is 3. The van der Waals surface area contributed by atoms with Gasteiger partial charge in [0.05, 0.1) is 0 Å². The second-order valence-corrected chi connectivity index (χ2v) is 8.19. The Morgan fingerprint density at radius 1 is 1.19 bits per heavy atom. The minimum atomic E-state index is -0.557. The third-order valence-electron chi connectivity index (χ3n) is 6.52. The molecule has 1 unspecified atom stereocenters. The van der Waals surface area contributed by atoms with Crippen molar-refractivity contribution in [3.05, 3.63) is 34.9 Å². The molecule has 3 heterocycles. The second kappa shape index (κ2) is 6.42. The van der Waals surface area contributed by atoms with Crippen LogP contribution in [0.2, 0.25) is 0 Å². The van der Waals surface area contributed by atoms with Gasteiger partial charge in [-0.05, 0) is 42.9 Å². The van der Waals surface area contributed by atoms with Crippen molar-refractivity contribution in [2.75, 3.05) is 6.54 Å². The average molecular weight is 368 g/mol. The van der Waals surface area contributed by atoms with Crippen LogP contribution in [-0.4, -0.2) is 47.3 Å². The minimum absolute atomic E-state index is 0.0945. The molecule has 4 atom stereocenters. The van der Waals surface area contributed by atoms with Gasteiger partial charge in [0.15, 0.2) is 0 Å². The van der Waals surface area contributed by atoms with Gasteiger partial charge in [0.2, 0.25) is 11.8 Å². The van der Waals surface area contributed by atoms with Crippen molar-refractivity contribution in [3.63, 3.8) is 0 Å². The predicted molar refractivity (Wildman–Crippen MR) is 97.6 cm³/mol. The first kappa shape index (κ1) is 16.9. The Kier molecular flexibility index (Phi) is 4.02. The number of imide groups is 1. The molecule has 3 N–H and O–H groups in total. The highest BCUT2D eigenvalue weighted by Gasteiger charge is 2.41. The fourth-order valence-corrected chi connectivity index (χ4v) is 5.16. The highest BCUT2D eigenvalue weighted by atomic mass is 16.2. The highest BCUT2D eigenvalue weighted by molar-refractivity contribution is 6.05. The van der Waals surface area contributed by atoms with Gasteiger partial charge in [0.25, 0.3) is 5.91 Å². The lowest BCUT2D eigenvalue weighted by Crippen LogP contribution is -2.52. The Balaban J connectivity index is 1.32. The van der Waals surface area contributed by atoms with E-state index in [1.165, 1.54) is 12.8 Å². The minimum Gasteiger partial charge on any atom is -0.322 e. The molecule has 1 saturated carbocycles. The summed E-state index contributed by atoms with van der Waals surface area (Å²) in [6.45, 7) is 2.22. The van der Waals surface area contributed by atoms with Crippen molar-refractivity contribution in [3.8, 4) is 0 Å². The molecule has 7 heteroatoms. The molecule has 0 aromatic heterocycles. The maximum absolute atomic E-state index is 13.1. The lowest BCUT2D eigenvalue weighted by molar-refractivity contribution is -0.136. The van der Waals surface area contributed by atoms with Crippen LogP contribution in [0, 0.1) is 5.92 Å². The van der Waals surface area contributed by atoms with Crippen LogP contribution in [0.15, 0.2) is 18.2 Å². The van der Waals surface area contributed by atoms with Crippen LogP contribution in [0.5, 0.6) is 0 Å². The van der Waals surface area contributed by atoms with Crippen LogP contribution in [-0.2, 0) is 22.7 Å². The number of benzene rings is 1. The van der Waals surface area contributed by atoms with E-state index in [9.17, 15) is 14.4 Å². The first-order valence-electron chi connectivity index (χ1n) is 9.82. The van der Waals surface area contributed by atoms with Crippen molar-refractivity contribution in [2.24, 2.45) is 5.92 Å². The third-order valence-corrected chi connectivity index (χ3v) is 6.52. The maximum atomic E-state index is 13.1. The second-order valence-electron chi connectivity index (χ2n) is 8.19. The molecule has 0 spiro atoms. The van der Waals surface area contributed by atoms with Crippen molar-refractivity contribution < 1.29 is 14.4 Å². The van der Waals surface area contributed by atoms with E-state index >= 15 is 0 Å². The fraction of sp³-hybridized carbons (Fsp3) is 0.550. The molecule has 1 aromatic rings. The Morgan fingerprint density at radius 3 is 2.81 bits per heavy atom. The Labute approximate surface area is 157 Å². The number of rotatable bonds is 4. The van der Waals surface area contributed by atoms with Gasteiger partial charge in [-0.3, -0.25) is 19.7 Å². The van der Waals surface area contributed by atoms with Gasteiger partial charge in [-0.25, -0.2) is 0 Å². The average Bonchev–Trinajstić information content (AvgIpc) is 3.35. The summed E-state index contributed by atoms with van der Waals surface area (Å²) in [6, 6.07) is 6.39. The summed E-state index contributed by atoms with van der Waals surface area (Å²) in [5.41, 5.74) is 2.69. The van der Waals surface area contributed by atoms with Gasteiger partial charge in [0.1, 0.15) is 6.04 Å². The zero-order valence-corrected chi connectivity index (χ0v) is 15.2. The lowest BCUT2D eigenvalue weighted by Gasteiger charge is -2.29. The molecule has 2 bridgehead atoms. The molecule has 7 nitrogen and oxygen atoms in total. The van der Waals surface area contributed by atoms with Crippen molar-refractivity contribution in [2.45, 2.75) is 56.9 Å². The number of nitrogens with one attached hydrogen (secondary N) is 3. The number of piperidine rings is 2. The Morgan fingerprint density at radius 2 is 2.07 bits per heavy atom. The van der Waals surface area contributed by atoms with Gasteiger partial charge in [-0.2, -0.15) is 0 Å². The summed E-state index contributed by atoms with van der Waals surface area (Å²) >= 11 is 0. The van der Waals surface area contributed by atoms with Crippen LogP contribution >= 0.6 is 0 Å². The van der Waals surface area contributed by atoms with Crippen molar-refractivity contribution in [1.82, 2.24) is 20.9 Å². The van der Waals surface area contributed by atoms with E-state index in [0.29, 0.717) is 31.6 Å². The third kappa shape index (κ3) is 2.85. The van der Waals surface area contributed by atoms with Gasteiger partial charge in [-0.15, -0.1) is 0 Å². The molecule has 142 valence electrons. The molecule has 3 amide bonds. The fourth-order valence-electron chi connectivity index (χ4n) is 5.16. The topological polar surface area (TPSA) is 90.5 Å². The van der Waals surface area contributed by atoms with Crippen LogP contribution in [0.4, 0.5) is 0 Å². The maximum Gasteiger partial charge on any atom is 0.255 e. The molecule has 4 aliphatic rings. The number of hydrogen-bond acceptors (Lipinski definition) is 5. The molecular formula is C20H24N4O3. The Hall–Kier alpha value is -2.25. The van der Waals surface area contributed by atoms with Crippen LogP contribution in [0.3, 0.4) is 0 Å². The zero-order valence-electron chi connectivity index (χ0n) is 15.2. The van der Waals surface area contributed by atoms with E-state index in [1.54, 1.807) is 4.90 Å². The normalized spacial score (nSPS) is 32.1. The predicted octanol–water partition coefficient (Wildman–Crippen LogP) is 0.288. The summed E-state index contributed by atoms with van der Waals surface area (Å²) < 4.78 is 0. The Bertz CT molecular complexity index is 823. The highest BCUT2D eigenvalue weighted by Crippen LogP contribution is 2.33. The smallest absolute Gasteiger partial charge is 0.255 e. The first-order valence-corrected chi connectivity index (χ1v) is 9.82. The number of fused-ring (bicyclic) bond motifs is 3. The molecule has 1 aromatic carbocycles. The van der Waals surface area contributed by atoms with Crippen LogP contribution in [0.25, 0.3) is 0 Å². The molecule has 2 saturated heterocycles. The largest absolute Gasteiger partial charge is 0.322 e. The number of carbonyl (C=O) groups is 3. The standard InChI is InChI=1S/C20H24N4O3/c25-17-5-4-16(19(26)23-17)24-10-13-3-1-2-12(18(13)20(24)27)9-22-15-7-11-6-14(15)21-8-11/h1-3,11,14-16,21-22H,4-10H2,(H,23,25,26)/t11-,14+,15-,16?/m1/s1. The van der Waals surface area contributed by atoms with Crippen LogP contribution in [0.1, 0.15) is 47.2 Å². The SMILES string of the molecule is O=C1CCC(N2Cc3cccc(CN[C@@H]4C[C@@H]5CN[C@H]4C5)c3C2=O)C(=O)N1. The van der Waals surface area contributed by atoms with Gasteiger partial charge < -0.3 is 15.5 Å². The van der Waals surface area contributed by atoms with E-state index in [2.05, 4.69) is 16.0 Å². The number of hydrogen-bond donors (Lipinski definition) is 3. The quantitative estimate of drug-likeness (QED) is 0.665. The summed E-state index contributed by atoms with van der Waals surface area (Å²) in [7, 11) is 0. The molecule has 3 fully saturated rings. The van der Waals surface area contributed by atoms with E-state index < -0.39 is 6.04 Å². The van der Waals surface area contributed by atoms with Crippen molar-refractivity contribution >= 4 is 17.7 Å². The number of nitrogens with zero attached hydrogens (tertiary/aromatic N) is 1. The first-order chi connectivity index (χ1) is 13.1. The molecule has 3 aliphatic heterocycles. The van der Waals surface area contributed by atoms with Gasteiger partial charge >= 0.3 is 0 Å². The molecule has 1 aliphatic carbocycles. The summed E-state index contributed by atoms with van der Waals surface area (Å²) in [6.07, 6.45) is 3.12. The van der Waals surface area contributed by atoms with Crippen molar-refractivity contribution in [1.29, 1.82) is 0 Å². The number of carbonyl (C=O) groups excluding carboxylic acids is 3. The van der Waals surface area contributed by atoms with Crippen LogP contribution < -0.4 is 16.0 Å². The summed E-state index contributed by atoms with van der Waals surface area (Å²) in [5.74, 6) is 0.0616. The van der Waals surface area contributed by atoms with Gasteiger partial charge in [0, 0.05) is 37.2 Å². The summed E-state index contributed by atoms with van der Waals surface area (Å²) in [4.78, 5) is 38.3. The monoisotopic (exact) mass is 368 g/mol. The van der Waals surface area contributed by atoms with Gasteiger partial charge in [-0.1, -0.05) is 18.2 Å². The molecule has 0 radical (unpaired) electrons. The molecular weight excluding hydrogens is 344 g/mol. The lowest BCUT2D eigenvalue weighted by atomic mass is 10.0. The van der Waals surface area contributed by atoms with E-state index in [-0.39, 0.29) is 24.1 Å². The zero-order chi connectivity index (χ0) is 18.5. The molecule has 5 rings (SSSR count). The van der Waals surface area contributed by atoms with E-state index in [4.69, 9.17) is 0 Å². The van der Waals surface area contributed by atoms with E-state index in [1.807, 2.05) is 18.2 Å². The summed E-state index contributed by atoms with van der Waals surface area (Å²) in [5, 5.41) is 9.54. The molecule has 27 heavy (non-hydrogen) atoms. The van der Waals surface area contributed by atoms with E-state index in [0.717, 1.165) is 29.2 Å².